The maximum atomic E-state index is 10.7. The van der Waals surface area contributed by atoms with Gasteiger partial charge in [-0.15, -0.1) is 0 Å². The van der Waals surface area contributed by atoms with Gasteiger partial charge in [0.1, 0.15) is 19.0 Å². The van der Waals surface area contributed by atoms with Gasteiger partial charge in [0, 0.05) is 0 Å². The first kappa shape index (κ1) is 27.1. The Morgan fingerprint density at radius 1 is 0.969 bits per heavy atom. The summed E-state index contributed by atoms with van der Waals surface area (Å²) in [4.78, 5) is 0. The minimum Gasteiger partial charge on any atom is -0.491 e. The van der Waals surface area contributed by atoms with Crippen LogP contribution in [0.3, 0.4) is 0 Å². The number of hydrogen-bond acceptors (Lipinski definition) is 4. The molecule has 0 aliphatic carbocycles. The Hall–Kier alpha value is -2.91. The summed E-state index contributed by atoms with van der Waals surface area (Å²) in [5.74, 6) is 0.663. The van der Waals surface area contributed by atoms with Crippen LogP contribution in [0.4, 0.5) is 0 Å². The Kier molecular flexibility index (Phi) is 14.2. The van der Waals surface area contributed by atoms with Crippen LogP contribution in [0, 0.1) is 0 Å². The van der Waals surface area contributed by atoms with Crippen molar-refractivity contribution in [1.29, 1.82) is 0 Å². The van der Waals surface area contributed by atoms with Crippen molar-refractivity contribution in [2.24, 2.45) is 0 Å². The van der Waals surface area contributed by atoms with Crippen molar-refractivity contribution < 1.29 is 21.9 Å². The molecule has 0 fully saturated rings. The molecule has 0 aromatic heterocycles. The molecule has 170 valence electrons. The van der Waals surface area contributed by atoms with Crippen LogP contribution in [0.25, 0.3) is 6.08 Å². The van der Waals surface area contributed by atoms with Gasteiger partial charge in [0.15, 0.2) is 0 Å². The van der Waals surface area contributed by atoms with Crippen molar-refractivity contribution in [2.45, 2.75) is 58.3 Å². The molecule has 0 amide bonds. The molecule has 32 heavy (non-hydrogen) atoms. The maximum absolute atomic E-state index is 10.7. The number of ether oxygens (including phenoxy) is 1. The molecule has 0 bridgehead atoms. The third kappa shape index (κ3) is 14.2. The fraction of sp³-hybridized carbons (Fsp3) is 0.423. The van der Waals surface area contributed by atoms with E-state index in [9.17, 15) is 8.42 Å². The van der Waals surface area contributed by atoms with Crippen LogP contribution in [0.15, 0.2) is 64.9 Å². The number of rotatable bonds is 14. The van der Waals surface area contributed by atoms with E-state index in [1.54, 1.807) is 6.08 Å². The smallest absolute Gasteiger partial charge is 0.397 e. The van der Waals surface area contributed by atoms with Crippen molar-refractivity contribution in [3.63, 3.8) is 0 Å². The highest BCUT2D eigenvalue weighted by Crippen LogP contribution is 2.23. The summed E-state index contributed by atoms with van der Waals surface area (Å²) < 4.78 is 40.0. The minimum absolute atomic E-state index is 0.00539. The summed E-state index contributed by atoms with van der Waals surface area (Å²) in [5.41, 5.74) is 20.2. The van der Waals surface area contributed by atoms with E-state index in [4.69, 9.17) is 9.29 Å². The number of hydrogen-bond donors (Lipinski definition) is 1. The van der Waals surface area contributed by atoms with E-state index in [2.05, 4.69) is 57.8 Å². The van der Waals surface area contributed by atoms with Crippen LogP contribution in [0.5, 0.6) is 5.75 Å². The van der Waals surface area contributed by atoms with Gasteiger partial charge in [0.05, 0.1) is 0 Å². The Morgan fingerprint density at radius 2 is 1.66 bits per heavy atom. The standard InChI is InChI=1S/C26H30O5S/c1-3-5-7-9-11-13-15-17-24-19-20-26(30-21-22-31-32(27,28)29)25(23-24)18-16-14-12-10-8-6-4-2/h17,19-20,23H,1,4,6,8,10,12,14,16,18,21-22H2,2H3,(H,27,28,29). The van der Waals surface area contributed by atoms with Crippen LogP contribution in [0.1, 0.15) is 63.0 Å². The summed E-state index contributed by atoms with van der Waals surface area (Å²) >= 11 is 0. The first-order valence-electron chi connectivity index (χ1n) is 10.7. The predicted octanol–water partition coefficient (Wildman–Crippen LogP) is 5.91. The van der Waals surface area contributed by atoms with Crippen molar-refractivity contribution >= 4 is 16.5 Å². The molecule has 1 aromatic carbocycles. The molecular weight excluding hydrogens is 424 g/mol. The van der Waals surface area contributed by atoms with Crippen LogP contribution in [-0.2, 0) is 21.0 Å². The molecule has 0 heterocycles. The molecule has 1 aromatic rings. The molecule has 0 atom stereocenters. The maximum Gasteiger partial charge on any atom is 0.397 e. The van der Waals surface area contributed by atoms with Crippen molar-refractivity contribution in [3.8, 4) is 5.75 Å². The summed E-state index contributed by atoms with van der Waals surface area (Å²) in [5, 5.41) is 0. The van der Waals surface area contributed by atoms with Crippen LogP contribution >= 0.6 is 0 Å². The molecule has 6 heteroatoms. The lowest BCUT2D eigenvalue weighted by Crippen LogP contribution is -2.12. The van der Waals surface area contributed by atoms with Crippen molar-refractivity contribution in [1.82, 2.24) is 0 Å². The number of unbranched alkanes of at least 4 members (excludes halogenated alkanes) is 6. The second-order valence-electron chi connectivity index (χ2n) is 6.93. The fourth-order valence-corrected chi connectivity index (χ4v) is 3.16. The molecule has 0 aliphatic rings. The van der Waals surface area contributed by atoms with E-state index in [-0.39, 0.29) is 13.2 Å². The average Bonchev–Trinajstić information content (AvgIpc) is 2.75. The summed E-state index contributed by atoms with van der Waals surface area (Å²) in [6.07, 6.45) is 11.0. The van der Waals surface area contributed by atoms with E-state index in [1.165, 1.54) is 32.1 Å². The van der Waals surface area contributed by atoms with Gasteiger partial charge in [-0.1, -0.05) is 63.0 Å². The van der Waals surface area contributed by atoms with E-state index in [0.717, 1.165) is 30.4 Å². The molecule has 0 aliphatic heterocycles. The molecule has 0 spiro atoms. The quantitative estimate of drug-likeness (QED) is 0.215. The molecule has 1 rings (SSSR count). The second-order valence-corrected chi connectivity index (χ2v) is 8.02. The fourth-order valence-electron chi connectivity index (χ4n) is 2.88. The summed E-state index contributed by atoms with van der Waals surface area (Å²) in [6.45, 7) is 5.31. The van der Waals surface area contributed by atoms with Gasteiger partial charge in [-0.25, -0.2) is 4.18 Å². The Labute approximate surface area is 191 Å². The molecule has 1 N–H and O–H groups in total. The Bertz CT molecular complexity index is 1090. The number of benzene rings is 1. The number of aryl methyl sites for hydroxylation is 1. The molecule has 0 saturated carbocycles. The molecule has 0 radical (unpaired) electrons. The van der Waals surface area contributed by atoms with Gasteiger partial charge in [0.2, 0.25) is 0 Å². The molecule has 0 saturated heterocycles. The zero-order valence-electron chi connectivity index (χ0n) is 18.6. The predicted molar refractivity (Wildman–Crippen MR) is 126 cm³/mol. The summed E-state index contributed by atoms with van der Waals surface area (Å²) in [6, 6.07) is 5.70. The van der Waals surface area contributed by atoms with Gasteiger partial charge in [-0.2, -0.15) is 8.42 Å². The monoisotopic (exact) mass is 454 g/mol. The Balaban J connectivity index is 2.88. The van der Waals surface area contributed by atoms with Gasteiger partial charge in [-0.3, -0.25) is 4.55 Å². The second kappa shape index (κ2) is 16.7. The Morgan fingerprint density at radius 3 is 2.38 bits per heavy atom. The van der Waals surface area contributed by atoms with Gasteiger partial charge in [-0.05, 0) is 77.4 Å². The van der Waals surface area contributed by atoms with E-state index < -0.39 is 10.4 Å². The first-order chi connectivity index (χ1) is 15.5. The zero-order chi connectivity index (χ0) is 23.5. The van der Waals surface area contributed by atoms with Crippen molar-refractivity contribution in [2.75, 3.05) is 13.2 Å². The highest BCUT2D eigenvalue weighted by molar-refractivity contribution is 7.80. The minimum atomic E-state index is -4.47. The van der Waals surface area contributed by atoms with E-state index in [1.807, 2.05) is 18.2 Å². The summed E-state index contributed by atoms with van der Waals surface area (Å²) in [7, 11) is -4.47. The third-order valence-electron chi connectivity index (χ3n) is 4.36. The largest absolute Gasteiger partial charge is 0.491 e. The molecular formula is C26H30O5S. The SMILES string of the molecule is C=C=C=C=C=C=C=C=Cc1ccc(OCCOS(=O)(=O)O)c(CCCCCCCCC)c1. The lowest BCUT2D eigenvalue weighted by molar-refractivity contribution is 0.201. The third-order valence-corrected chi connectivity index (χ3v) is 4.82. The van der Waals surface area contributed by atoms with E-state index in [0.29, 0.717) is 5.75 Å². The van der Waals surface area contributed by atoms with E-state index >= 15 is 0 Å². The van der Waals surface area contributed by atoms with Crippen LogP contribution in [0.2, 0.25) is 0 Å². The first-order valence-corrected chi connectivity index (χ1v) is 12.1. The lowest BCUT2D eigenvalue weighted by Gasteiger charge is -2.12. The normalized spacial score (nSPS) is 9.81. The topological polar surface area (TPSA) is 72.8 Å². The van der Waals surface area contributed by atoms with Crippen LogP contribution < -0.4 is 4.74 Å². The zero-order valence-corrected chi connectivity index (χ0v) is 19.4. The van der Waals surface area contributed by atoms with Gasteiger partial charge in [0.25, 0.3) is 0 Å². The van der Waals surface area contributed by atoms with Crippen LogP contribution in [-0.4, -0.2) is 26.2 Å². The highest BCUT2D eigenvalue weighted by Gasteiger charge is 2.07. The highest BCUT2D eigenvalue weighted by atomic mass is 32.3. The lowest BCUT2D eigenvalue weighted by atomic mass is 10.0. The average molecular weight is 455 g/mol. The van der Waals surface area contributed by atoms with Gasteiger partial charge >= 0.3 is 10.4 Å². The molecule has 0 unspecified atom stereocenters. The van der Waals surface area contributed by atoms with Gasteiger partial charge < -0.3 is 4.74 Å². The van der Waals surface area contributed by atoms with Crippen molar-refractivity contribution in [3.05, 3.63) is 76.0 Å². The molecule has 5 nitrogen and oxygen atoms in total.